The number of ether oxygens (including phenoxy) is 2. The zero-order chi connectivity index (χ0) is 15.4. The van der Waals surface area contributed by atoms with Crippen molar-refractivity contribution in [2.75, 3.05) is 20.7 Å². The summed E-state index contributed by atoms with van der Waals surface area (Å²) in [6.07, 6.45) is 2.46. The molecule has 1 aliphatic rings. The van der Waals surface area contributed by atoms with Gasteiger partial charge < -0.3 is 19.5 Å². The highest BCUT2D eigenvalue weighted by Gasteiger charge is 2.32. The molecular weight excluding hydrogens is 274 g/mol. The van der Waals surface area contributed by atoms with E-state index < -0.39 is 12.1 Å². The first kappa shape index (κ1) is 14.9. The van der Waals surface area contributed by atoms with Crippen LogP contribution in [0.2, 0.25) is 0 Å². The molecule has 1 aromatic carbocycles. The van der Waals surface area contributed by atoms with Crippen molar-refractivity contribution in [1.29, 1.82) is 0 Å². The molecule has 1 aliphatic heterocycles. The van der Waals surface area contributed by atoms with E-state index >= 15 is 0 Å². The first-order valence-corrected chi connectivity index (χ1v) is 6.52. The van der Waals surface area contributed by atoms with Gasteiger partial charge in [-0.05, 0) is 12.1 Å². The average Bonchev–Trinajstić information content (AvgIpc) is 2.78. The number of hydrogen-bond acceptors (Lipinski definition) is 4. The van der Waals surface area contributed by atoms with E-state index in [1.54, 1.807) is 30.1 Å². The van der Waals surface area contributed by atoms with Gasteiger partial charge in [0.2, 0.25) is 0 Å². The smallest absolute Gasteiger partial charge is 0.328 e. The van der Waals surface area contributed by atoms with Crippen molar-refractivity contribution in [3.8, 4) is 11.5 Å². The number of carbonyl (C=O) groups is 2. The van der Waals surface area contributed by atoms with Crippen molar-refractivity contribution in [1.82, 2.24) is 4.90 Å². The van der Waals surface area contributed by atoms with E-state index in [0.29, 0.717) is 30.0 Å². The Morgan fingerprint density at radius 3 is 2.81 bits per heavy atom. The summed E-state index contributed by atoms with van der Waals surface area (Å²) in [5.74, 6) is -0.300. The minimum absolute atomic E-state index is 0.0888. The Labute approximate surface area is 122 Å². The predicted molar refractivity (Wildman–Crippen MR) is 76.3 cm³/mol. The Hall–Kier alpha value is -2.50. The van der Waals surface area contributed by atoms with E-state index in [-0.39, 0.29) is 5.91 Å². The van der Waals surface area contributed by atoms with E-state index in [9.17, 15) is 9.59 Å². The number of rotatable bonds is 5. The summed E-state index contributed by atoms with van der Waals surface area (Å²) in [4.78, 5) is 24.2. The second-order valence-corrected chi connectivity index (χ2v) is 4.71. The van der Waals surface area contributed by atoms with Gasteiger partial charge in [-0.1, -0.05) is 12.1 Å². The van der Waals surface area contributed by atoms with Gasteiger partial charge in [0.15, 0.2) is 17.6 Å². The maximum Gasteiger partial charge on any atom is 0.328 e. The first-order valence-electron chi connectivity index (χ1n) is 6.52. The molecule has 1 N–H and O–H groups in total. The lowest BCUT2D eigenvalue weighted by atomic mass is 10.1. The molecule has 2 rings (SSSR count). The molecule has 0 spiro atoms. The van der Waals surface area contributed by atoms with Gasteiger partial charge in [-0.2, -0.15) is 0 Å². The van der Waals surface area contributed by atoms with Crippen LogP contribution in [0.25, 0.3) is 6.08 Å². The Bertz CT molecular complexity index is 581. The fraction of sp³-hybridized carbons (Fsp3) is 0.333. The molecule has 0 saturated carbocycles. The van der Waals surface area contributed by atoms with Gasteiger partial charge in [0.25, 0.3) is 5.91 Å². The van der Waals surface area contributed by atoms with Crippen molar-refractivity contribution in [3.63, 3.8) is 0 Å². The Balaban J connectivity index is 2.31. The number of likely N-dealkylation sites (N-methyl/N-ethyl adjacent to an activating group) is 1. The fourth-order valence-electron chi connectivity index (χ4n) is 2.15. The molecule has 6 nitrogen and oxygen atoms in total. The van der Waals surface area contributed by atoms with Crippen LogP contribution < -0.4 is 9.47 Å². The van der Waals surface area contributed by atoms with E-state index in [4.69, 9.17) is 14.6 Å². The van der Waals surface area contributed by atoms with E-state index in [1.807, 2.05) is 0 Å². The number of carboxylic acid groups (broad SMARTS) is 1. The predicted octanol–water partition coefficient (Wildman–Crippen LogP) is 1.40. The molecule has 1 aromatic rings. The van der Waals surface area contributed by atoms with Crippen molar-refractivity contribution in [2.45, 2.75) is 12.5 Å². The maximum atomic E-state index is 11.9. The average molecular weight is 291 g/mol. The van der Waals surface area contributed by atoms with Gasteiger partial charge in [0.05, 0.1) is 7.11 Å². The summed E-state index contributed by atoms with van der Waals surface area (Å²) in [7, 11) is 3.22. The molecular formula is C15H17NO5. The molecule has 0 aliphatic carbocycles. The molecule has 1 saturated heterocycles. The molecule has 1 unspecified atom stereocenters. The third-order valence-electron chi connectivity index (χ3n) is 3.27. The summed E-state index contributed by atoms with van der Waals surface area (Å²) >= 11 is 0. The van der Waals surface area contributed by atoms with Gasteiger partial charge in [0, 0.05) is 31.7 Å². The first-order chi connectivity index (χ1) is 10.0. The lowest BCUT2D eigenvalue weighted by Gasteiger charge is -2.17. The summed E-state index contributed by atoms with van der Waals surface area (Å²) in [6, 6.07) is 5.15. The van der Waals surface area contributed by atoms with E-state index in [1.165, 1.54) is 13.2 Å². The van der Waals surface area contributed by atoms with Gasteiger partial charge in [0.1, 0.15) is 0 Å². The number of amides is 1. The van der Waals surface area contributed by atoms with E-state index in [2.05, 4.69) is 0 Å². The lowest BCUT2D eigenvalue weighted by Crippen LogP contribution is -2.29. The van der Waals surface area contributed by atoms with Crippen molar-refractivity contribution >= 4 is 18.0 Å². The van der Waals surface area contributed by atoms with Crippen LogP contribution in [0.5, 0.6) is 11.5 Å². The molecule has 0 radical (unpaired) electrons. The number of carbonyl (C=O) groups excluding carboxylic acids is 1. The molecule has 1 atom stereocenters. The number of likely N-dealkylation sites (tertiary alicyclic amines) is 1. The Morgan fingerprint density at radius 2 is 2.24 bits per heavy atom. The highest BCUT2D eigenvalue weighted by atomic mass is 16.5. The molecule has 1 fully saturated rings. The normalized spacial score (nSPS) is 18.3. The maximum absolute atomic E-state index is 11.9. The van der Waals surface area contributed by atoms with Crippen molar-refractivity contribution in [2.24, 2.45) is 0 Å². The molecule has 1 amide bonds. The third-order valence-corrected chi connectivity index (χ3v) is 3.27. The Morgan fingerprint density at radius 1 is 1.48 bits per heavy atom. The van der Waals surface area contributed by atoms with Crippen LogP contribution in [-0.2, 0) is 9.59 Å². The monoisotopic (exact) mass is 291 g/mol. The molecule has 1 heterocycles. The molecule has 0 aromatic heterocycles. The summed E-state index contributed by atoms with van der Waals surface area (Å²) in [5, 5.41) is 8.73. The largest absolute Gasteiger partial charge is 0.493 e. The van der Waals surface area contributed by atoms with Crippen LogP contribution in [0.3, 0.4) is 0 Å². The number of benzene rings is 1. The summed E-state index contributed by atoms with van der Waals surface area (Å²) < 4.78 is 11.0. The number of aliphatic carboxylic acids is 1. The Kier molecular flexibility index (Phi) is 4.47. The highest BCUT2D eigenvalue weighted by molar-refractivity contribution is 5.86. The third kappa shape index (κ3) is 3.34. The van der Waals surface area contributed by atoms with E-state index in [0.717, 1.165) is 6.08 Å². The van der Waals surface area contributed by atoms with Crippen molar-refractivity contribution in [3.05, 3.63) is 29.8 Å². The number of carboxylic acids is 1. The number of para-hydroxylation sites is 1. The fourth-order valence-corrected chi connectivity index (χ4v) is 2.15. The topological polar surface area (TPSA) is 76.1 Å². The standard InChI is InChI=1S/C15H17NO5/c1-16-9-8-12(15(16)19)21-14-10(6-7-13(17)18)4-3-5-11(14)20-2/h3-7,12H,8-9H2,1-2H3,(H,17,18). The van der Waals surface area contributed by atoms with Crippen molar-refractivity contribution < 1.29 is 24.2 Å². The zero-order valence-corrected chi connectivity index (χ0v) is 11.9. The van der Waals surface area contributed by atoms with Crippen LogP contribution in [0.4, 0.5) is 0 Å². The molecule has 112 valence electrons. The quantitative estimate of drug-likeness (QED) is 0.830. The minimum Gasteiger partial charge on any atom is -0.493 e. The summed E-state index contributed by atoms with van der Waals surface area (Å²) in [6.45, 7) is 0.638. The van der Waals surface area contributed by atoms with Crippen LogP contribution >= 0.6 is 0 Å². The number of hydrogen-bond donors (Lipinski definition) is 1. The second-order valence-electron chi connectivity index (χ2n) is 4.71. The SMILES string of the molecule is COc1cccc(C=CC(=O)O)c1OC1CCN(C)C1=O. The van der Waals surface area contributed by atoms with Crippen LogP contribution in [-0.4, -0.2) is 48.7 Å². The van der Waals surface area contributed by atoms with Crippen LogP contribution in [0, 0.1) is 0 Å². The van der Waals surface area contributed by atoms with Gasteiger partial charge in [-0.15, -0.1) is 0 Å². The molecule has 21 heavy (non-hydrogen) atoms. The lowest BCUT2D eigenvalue weighted by molar-refractivity contribution is -0.132. The highest BCUT2D eigenvalue weighted by Crippen LogP contribution is 2.34. The van der Waals surface area contributed by atoms with Crippen LogP contribution in [0.15, 0.2) is 24.3 Å². The number of nitrogens with zero attached hydrogens (tertiary/aromatic N) is 1. The molecule has 6 heteroatoms. The second kappa shape index (κ2) is 6.30. The van der Waals surface area contributed by atoms with Crippen LogP contribution in [0.1, 0.15) is 12.0 Å². The molecule has 0 bridgehead atoms. The van der Waals surface area contributed by atoms with Gasteiger partial charge in [-0.25, -0.2) is 4.79 Å². The zero-order valence-electron chi connectivity index (χ0n) is 11.9. The summed E-state index contributed by atoms with van der Waals surface area (Å²) in [5.41, 5.74) is 0.555. The minimum atomic E-state index is -1.06. The van der Waals surface area contributed by atoms with Gasteiger partial charge >= 0.3 is 5.97 Å². The number of methoxy groups -OCH3 is 1. The van der Waals surface area contributed by atoms with Gasteiger partial charge in [-0.3, -0.25) is 4.79 Å².